The second-order valence-electron chi connectivity index (χ2n) is 2.39. The number of aliphatic carboxylic acids is 1. The summed E-state index contributed by atoms with van der Waals surface area (Å²) >= 11 is 0. The third-order valence-corrected chi connectivity index (χ3v) is 1.17. The molecule has 1 rings (SSSR count). The Morgan fingerprint density at radius 2 is 2.42 bits per heavy atom. The zero-order chi connectivity index (χ0) is 9.14. The Morgan fingerprint density at radius 3 is 2.83 bits per heavy atom. The molecule has 6 heteroatoms. The van der Waals surface area contributed by atoms with E-state index in [9.17, 15) is 4.79 Å². The Bertz CT molecular complexity index is 281. The predicted octanol–water partition coefficient (Wildman–Crippen LogP) is -0.284. The molecule has 0 aromatic carbocycles. The van der Waals surface area contributed by atoms with Crippen LogP contribution >= 0.6 is 0 Å². The summed E-state index contributed by atoms with van der Waals surface area (Å²) in [7, 11) is 0. The summed E-state index contributed by atoms with van der Waals surface area (Å²) in [5.74, 6) is -0.670. The molecule has 12 heavy (non-hydrogen) atoms. The number of carboxylic acid groups (broad SMARTS) is 1. The lowest BCUT2D eigenvalue weighted by Gasteiger charge is -1.93. The van der Waals surface area contributed by atoms with Crippen LogP contribution in [0.15, 0.2) is 4.42 Å². The van der Waals surface area contributed by atoms with Crippen molar-refractivity contribution in [1.29, 1.82) is 0 Å². The number of hydrogen-bond acceptors (Lipinski definition) is 5. The highest BCUT2D eigenvalue weighted by molar-refractivity contribution is 5.68. The normalized spacial score (nSPS) is 12.8. The van der Waals surface area contributed by atoms with Crippen LogP contribution in [-0.2, 0) is 11.2 Å². The van der Waals surface area contributed by atoms with Gasteiger partial charge in [-0.15, -0.1) is 10.2 Å². The van der Waals surface area contributed by atoms with Gasteiger partial charge in [-0.1, -0.05) is 0 Å². The molecule has 0 aliphatic carbocycles. The summed E-state index contributed by atoms with van der Waals surface area (Å²) in [5.41, 5.74) is 5.41. The molecule has 0 fully saturated rings. The zero-order valence-corrected chi connectivity index (χ0v) is 6.52. The zero-order valence-electron chi connectivity index (χ0n) is 6.52. The van der Waals surface area contributed by atoms with Gasteiger partial charge in [0.2, 0.25) is 11.8 Å². The van der Waals surface area contributed by atoms with Crippen LogP contribution in [0.5, 0.6) is 0 Å². The molecule has 0 saturated heterocycles. The lowest BCUT2D eigenvalue weighted by molar-refractivity contribution is -0.136. The molecule has 0 bridgehead atoms. The van der Waals surface area contributed by atoms with Crippen molar-refractivity contribution in [2.75, 3.05) is 0 Å². The molecule has 0 aliphatic rings. The number of carbonyl (C=O) groups is 1. The number of nitrogens with zero attached hydrogens (tertiary/aromatic N) is 2. The first kappa shape index (κ1) is 8.66. The van der Waals surface area contributed by atoms with E-state index < -0.39 is 5.97 Å². The maximum atomic E-state index is 10.2. The van der Waals surface area contributed by atoms with E-state index in [-0.39, 0.29) is 24.2 Å². The van der Waals surface area contributed by atoms with Gasteiger partial charge < -0.3 is 15.3 Å². The van der Waals surface area contributed by atoms with E-state index in [2.05, 4.69) is 10.2 Å². The topological polar surface area (TPSA) is 102 Å². The first-order valence-electron chi connectivity index (χ1n) is 3.39. The third kappa shape index (κ3) is 2.03. The third-order valence-electron chi connectivity index (χ3n) is 1.17. The lowest BCUT2D eigenvalue weighted by Crippen LogP contribution is -2.04. The molecule has 1 aromatic heterocycles. The molecule has 1 atom stereocenters. The van der Waals surface area contributed by atoms with Crippen LogP contribution in [0.2, 0.25) is 0 Å². The summed E-state index contributed by atoms with van der Waals surface area (Å²) in [5, 5.41) is 15.4. The molecular formula is C6H9N3O3. The number of hydrogen-bond donors (Lipinski definition) is 2. The molecule has 0 radical (unpaired) electrons. The minimum absolute atomic E-state index is 0.0785. The molecule has 1 unspecified atom stereocenters. The number of nitrogens with two attached hydrogens (primary N) is 1. The SMILES string of the molecule is CC(N)c1nnc(CC(=O)O)o1. The van der Waals surface area contributed by atoms with Crippen LogP contribution in [0, 0.1) is 0 Å². The fraction of sp³-hybridized carbons (Fsp3) is 0.500. The first-order chi connectivity index (χ1) is 5.59. The minimum Gasteiger partial charge on any atom is -0.481 e. The summed E-state index contributed by atoms with van der Waals surface area (Å²) in [6.45, 7) is 1.68. The second-order valence-corrected chi connectivity index (χ2v) is 2.39. The second kappa shape index (κ2) is 3.31. The molecule has 0 aliphatic heterocycles. The Morgan fingerprint density at radius 1 is 1.75 bits per heavy atom. The Balaban J connectivity index is 2.70. The summed E-state index contributed by atoms with van der Waals surface area (Å²) in [6.07, 6.45) is -0.264. The van der Waals surface area contributed by atoms with Gasteiger partial charge in [0.1, 0.15) is 6.42 Å². The average Bonchev–Trinajstić information content (AvgIpc) is 2.34. The van der Waals surface area contributed by atoms with Crippen molar-refractivity contribution < 1.29 is 14.3 Å². The fourth-order valence-electron chi connectivity index (χ4n) is 0.651. The summed E-state index contributed by atoms with van der Waals surface area (Å²) < 4.78 is 4.93. The molecule has 1 aromatic rings. The summed E-state index contributed by atoms with van der Waals surface area (Å²) in [4.78, 5) is 10.2. The molecule has 0 saturated carbocycles. The summed E-state index contributed by atoms with van der Waals surface area (Å²) in [6, 6.07) is -0.361. The van der Waals surface area contributed by atoms with E-state index in [1.807, 2.05) is 0 Å². The molecule has 1 heterocycles. The van der Waals surface area contributed by atoms with E-state index in [1.54, 1.807) is 6.92 Å². The van der Waals surface area contributed by atoms with Gasteiger partial charge >= 0.3 is 5.97 Å². The number of rotatable bonds is 3. The van der Waals surface area contributed by atoms with Gasteiger partial charge in [0.25, 0.3) is 0 Å². The largest absolute Gasteiger partial charge is 0.481 e. The van der Waals surface area contributed by atoms with Crippen LogP contribution in [0.1, 0.15) is 24.7 Å². The smallest absolute Gasteiger partial charge is 0.312 e. The van der Waals surface area contributed by atoms with Gasteiger partial charge in [0.15, 0.2) is 0 Å². The van der Waals surface area contributed by atoms with Crippen molar-refractivity contribution in [3.8, 4) is 0 Å². The van der Waals surface area contributed by atoms with Gasteiger partial charge in [-0.2, -0.15) is 0 Å². The van der Waals surface area contributed by atoms with Gasteiger partial charge in [-0.3, -0.25) is 4.79 Å². The van der Waals surface area contributed by atoms with Crippen LogP contribution in [0.25, 0.3) is 0 Å². The van der Waals surface area contributed by atoms with Crippen molar-refractivity contribution >= 4 is 5.97 Å². The Kier molecular flexibility index (Phi) is 2.39. The van der Waals surface area contributed by atoms with E-state index in [1.165, 1.54) is 0 Å². The predicted molar refractivity (Wildman–Crippen MR) is 38.2 cm³/mol. The first-order valence-corrected chi connectivity index (χ1v) is 3.39. The number of carboxylic acids is 1. The quantitative estimate of drug-likeness (QED) is 0.648. The maximum absolute atomic E-state index is 10.2. The van der Waals surface area contributed by atoms with Crippen LogP contribution in [0.3, 0.4) is 0 Å². The monoisotopic (exact) mass is 171 g/mol. The van der Waals surface area contributed by atoms with Crippen LogP contribution < -0.4 is 5.73 Å². The molecule has 3 N–H and O–H groups in total. The van der Waals surface area contributed by atoms with E-state index in [0.29, 0.717) is 0 Å². The molecule has 0 spiro atoms. The van der Waals surface area contributed by atoms with Crippen molar-refractivity contribution in [3.05, 3.63) is 11.8 Å². The lowest BCUT2D eigenvalue weighted by atomic mass is 10.4. The highest BCUT2D eigenvalue weighted by atomic mass is 16.4. The van der Waals surface area contributed by atoms with E-state index >= 15 is 0 Å². The fourth-order valence-corrected chi connectivity index (χ4v) is 0.651. The average molecular weight is 171 g/mol. The van der Waals surface area contributed by atoms with E-state index in [4.69, 9.17) is 15.3 Å². The van der Waals surface area contributed by atoms with Gasteiger partial charge in [-0.25, -0.2) is 0 Å². The van der Waals surface area contributed by atoms with Crippen molar-refractivity contribution in [2.24, 2.45) is 5.73 Å². The highest BCUT2D eigenvalue weighted by Gasteiger charge is 2.11. The van der Waals surface area contributed by atoms with Crippen molar-refractivity contribution in [2.45, 2.75) is 19.4 Å². The van der Waals surface area contributed by atoms with Crippen LogP contribution in [-0.4, -0.2) is 21.3 Å². The minimum atomic E-state index is -1.00. The molecular weight excluding hydrogens is 162 g/mol. The number of aromatic nitrogens is 2. The highest BCUT2D eigenvalue weighted by Crippen LogP contribution is 2.07. The molecule has 0 amide bonds. The maximum Gasteiger partial charge on any atom is 0.312 e. The Labute approximate surface area is 68.4 Å². The standard InChI is InChI=1S/C6H9N3O3/c1-3(7)6-9-8-4(12-6)2-5(10)11/h3H,2,7H2,1H3,(H,10,11). The molecule has 6 nitrogen and oxygen atoms in total. The van der Waals surface area contributed by atoms with E-state index in [0.717, 1.165) is 0 Å². The van der Waals surface area contributed by atoms with Gasteiger partial charge in [0.05, 0.1) is 6.04 Å². The van der Waals surface area contributed by atoms with Gasteiger partial charge in [-0.05, 0) is 6.92 Å². The van der Waals surface area contributed by atoms with Crippen molar-refractivity contribution in [3.63, 3.8) is 0 Å². The van der Waals surface area contributed by atoms with Crippen molar-refractivity contribution in [1.82, 2.24) is 10.2 Å². The van der Waals surface area contributed by atoms with Crippen LogP contribution in [0.4, 0.5) is 0 Å². The molecule has 66 valence electrons. The Hall–Kier alpha value is -1.43. The van der Waals surface area contributed by atoms with Gasteiger partial charge in [0, 0.05) is 0 Å².